The standard InChI is InChI=1S/C16H27N3.HI/c1-16(2,3)11-12-18-15(17-4)19(5)13-14-9-7-6-8-10-14;/h6-10H,11-13H2,1-5H3,(H,17,18);1H. The van der Waals surface area contributed by atoms with Gasteiger partial charge in [-0.05, 0) is 17.4 Å². The Morgan fingerprint density at radius 3 is 2.30 bits per heavy atom. The summed E-state index contributed by atoms with van der Waals surface area (Å²) in [5, 5.41) is 3.42. The van der Waals surface area contributed by atoms with Crippen LogP contribution in [0.3, 0.4) is 0 Å². The normalized spacial score (nSPS) is 11.8. The number of hydrogen-bond acceptors (Lipinski definition) is 1. The Bertz CT molecular complexity index is 396. The minimum Gasteiger partial charge on any atom is -0.356 e. The van der Waals surface area contributed by atoms with E-state index in [1.54, 1.807) is 0 Å². The molecule has 0 aliphatic carbocycles. The second-order valence-electron chi connectivity index (χ2n) is 6.13. The molecule has 1 aromatic rings. The van der Waals surface area contributed by atoms with Crippen LogP contribution in [0.1, 0.15) is 32.8 Å². The zero-order valence-electron chi connectivity index (χ0n) is 13.3. The van der Waals surface area contributed by atoms with Crippen molar-refractivity contribution in [3.05, 3.63) is 35.9 Å². The van der Waals surface area contributed by atoms with Gasteiger partial charge < -0.3 is 10.2 Å². The molecule has 1 aromatic carbocycles. The van der Waals surface area contributed by atoms with Crippen molar-refractivity contribution in [1.29, 1.82) is 0 Å². The van der Waals surface area contributed by atoms with Gasteiger partial charge in [-0.1, -0.05) is 51.1 Å². The molecular weight excluding hydrogens is 361 g/mol. The molecule has 0 aromatic heterocycles. The van der Waals surface area contributed by atoms with Gasteiger partial charge in [0.25, 0.3) is 0 Å². The number of nitrogens with one attached hydrogen (secondary N) is 1. The minimum atomic E-state index is 0. The van der Waals surface area contributed by atoms with Gasteiger partial charge in [-0.2, -0.15) is 0 Å². The van der Waals surface area contributed by atoms with E-state index in [0.29, 0.717) is 5.41 Å². The van der Waals surface area contributed by atoms with Crippen LogP contribution >= 0.6 is 24.0 Å². The van der Waals surface area contributed by atoms with E-state index in [1.807, 2.05) is 13.1 Å². The highest BCUT2D eigenvalue weighted by molar-refractivity contribution is 14.0. The van der Waals surface area contributed by atoms with Crippen molar-refractivity contribution in [2.75, 3.05) is 20.6 Å². The lowest BCUT2D eigenvalue weighted by molar-refractivity contribution is 0.372. The Morgan fingerprint density at radius 2 is 1.80 bits per heavy atom. The molecule has 1 rings (SSSR count). The average molecular weight is 389 g/mol. The van der Waals surface area contributed by atoms with Gasteiger partial charge in [0.2, 0.25) is 0 Å². The fourth-order valence-corrected chi connectivity index (χ4v) is 1.87. The highest BCUT2D eigenvalue weighted by atomic mass is 127. The zero-order chi connectivity index (χ0) is 14.3. The molecule has 0 radical (unpaired) electrons. The molecule has 0 saturated heterocycles. The van der Waals surface area contributed by atoms with E-state index < -0.39 is 0 Å². The highest BCUT2D eigenvalue weighted by Gasteiger charge is 2.11. The molecule has 0 heterocycles. The maximum absolute atomic E-state index is 4.34. The maximum atomic E-state index is 4.34. The second-order valence-corrected chi connectivity index (χ2v) is 6.13. The summed E-state index contributed by atoms with van der Waals surface area (Å²) >= 11 is 0. The van der Waals surface area contributed by atoms with Gasteiger partial charge in [0.1, 0.15) is 0 Å². The molecule has 0 aliphatic rings. The van der Waals surface area contributed by atoms with E-state index in [-0.39, 0.29) is 24.0 Å². The fraction of sp³-hybridized carbons (Fsp3) is 0.562. The van der Waals surface area contributed by atoms with Crippen LogP contribution in [0.5, 0.6) is 0 Å². The van der Waals surface area contributed by atoms with Crippen LogP contribution in [0.4, 0.5) is 0 Å². The summed E-state index contributed by atoms with van der Waals surface area (Å²) < 4.78 is 0. The molecule has 4 heteroatoms. The van der Waals surface area contributed by atoms with Gasteiger partial charge in [-0.25, -0.2) is 0 Å². The van der Waals surface area contributed by atoms with Gasteiger partial charge in [0.05, 0.1) is 0 Å². The molecule has 0 atom stereocenters. The maximum Gasteiger partial charge on any atom is 0.193 e. The molecule has 0 bridgehead atoms. The molecular formula is C16H28IN3. The van der Waals surface area contributed by atoms with E-state index in [2.05, 4.69) is 67.3 Å². The summed E-state index contributed by atoms with van der Waals surface area (Å²) in [6.45, 7) is 8.59. The van der Waals surface area contributed by atoms with Gasteiger partial charge in [0, 0.05) is 27.2 Å². The first-order valence-corrected chi connectivity index (χ1v) is 6.88. The van der Waals surface area contributed by atoms with Gasteiger partial charge >= 0.3 is 0 Å². The number of benzene rings is 1. The predicted octanol–water partition coefficient (Wildman–Crippen LogP) is 3.75. The van der Waals surface area contributed by atoms with E-state index in [9.17, 15) is 0 Å². The monoisotopic (exact) mass is 389 g/mol. The molecule has 1 N–H and O–H groups in total. The first-order chi connectivity index (χ1) is 8.92. The molecule has 0 unspecified atom stereocenters. The van der Waals surface area contributed by atoms with Crippen molar-refractivity contribution in [2.45, 2.75) is 33.7 Å². The summed E-state index contributed by atoms with van der Waals surface area (Å²) in [5.74, 6) is 0.952. The molecule has 0 spiro atoms. The SMILES string of the molecule is CN=C(NCCC(C)(C)C)N(C)Cc1ccccc1.I. The smallest absolute Gasteiger partial charge is 0.193 e. The molecule has 0 aliphatic heterocycles. The van der Waals surface area contributed by atoms with Crippen LogP contribution in [0.2, 0.25) is 0 Å². The minimum absolute atomic E-state index is 0. The van der Waals surface area contributed by atoms with Gasteiger partial charge in [-0.15, -0.1) is 24.0 Å². The van der Waals surface area contributed by atoms with Crippen LogP contribution in [-0.2, 0) is 6.54 Å². The van der Waals surface area contributed by atoms with Crippen molar-refractivity contribution in [1.82, 2.24) is 10.2 Å². The molecule has 3 nitrogen and oxygen atoms in total. The largest absolute Gasteiger partial charge is 0.356 e. The van der Waals surface area contributed by atoms with E-state index in [0.717, 1.165) is 25.5 Å². The van der Waals surface area contributed by atoms with Crippen molar-refractivity contribution in [3.8, 4) is 0 Å². The first-order valence-electron chi connectivity index (χ1n) is 6.88. The van der Waals surface area contributed by atoms with Crippen LogP contribution in [-0.4, -0.2) is 31.5 Å². The summed E-state index contributed by atoms with van der Waals surface area (Å²) in [6, 6.07) is 10.5. The molecule has 114 valence electrons. The fourth-order valence-electron chi connectivity index (χ4n) is 1.87. The topological polar surface area (TPSA) is 27.6 Å². The Hall–Kier alpha value is -0.780. The molecule has 0 saturated carbocycles. The number of guanidine groups is 1. The molecule has 0 fully saturated rings. The third kappa shape index (κ3) is 7.72. The summed E-state index contributed by atoms with van der Waals surface area (Å²) in [5.41, 5.74) is 1.65. The van der Waals surface area contributed by atoms with Gasteiger partial charge in [-0.3, -0.25) is 4.99 Å². The predicted molar refractivity (Wildman–Crippen MR) is 98.8 cm³/mol. The summed E-state index contributed by atoms with van der Waals surface area (Å²) in [4.78, 5) is 6.49. The van der Waals surface area contributed by atoms with Crippen molar-refractivity contribution < 1.29 is 0 Å². The number of hydrogen-bond donors (Lipinski definition) is 1. The summed E-state index contributed by atoms with van der Waals surface area (Å²) in [6.07, 6.45) is 1.13. The number of aliphatic imine (C=N–C) groups is 1. The Kier molecular flexibility index (Phi) is 8.85. The quantitative estimate of drug-likeness (QED) is 0.483. The third-order valence-electron chi connectivity index (χ3n) is 2.99. The highest BCUT2D eigenvalue weighted by Crippen LogP contribution is 2.17. The zero-order valence-corrected chi connectivity index (χ0v) is 15.6. The van der Waals surface area contributed by atoms with E-state index in [4.69, 9.17) is 0 Å². The molecule has 0 amide bonds. The van der Waals surface area contributed by atoms with Crippen LogP contribution in [0.25, 0.3) is 0 Å². The number of rotatable bonds is 4. The van der Waals surface area contributed by atoms with Crippen molar-refractivity contribution >= 4 is 29.9 Å². The average Bonchev–Trinajstić information content (AvgIpc) is 2.34. The van der Waals surface area contributed by atoms with Gasteiger partial charge in [0.15, 0.2) is 5.96 Å². The first kappa shape index (κ1) is 19.2. The lowest BCUT2D eigenvalue weighted by Gasteiger charge is -2.24. The Morgan fingerprint density at radius 1 is 1.20 bits per heavy atom. The van der Waals surface area contributed by atoms with Crippen LogP contribution in [0.15, 0.2) is 35.3 Å². The second kappa shape index (κ2) is 9.21. The third-order valence-corrected chi connectivity index (χ3v) is 2.99. The number of halogens is 1. The lowest BCUT2D eigenvalue weighted by atomic mass is 9.92. The van der Waals surface area contributed by atoms with Crippen LogP contribution in [0, 0.1) is 5.41 Å². The van der Waals surface area contributed by atoms with E-state index >= 15 is 0 Å². The van der Waals surface area contributed by atoms with Crippen LogP contribution < -0.4 is 5.32 Å². The van der Waals surface area contributed by atoms with Crippen molar-refractivity contribution in [2.24, 2.45) is 10.4 Å². The molecule has 20 heavy (non-hydrogen) atoms. The summed E-state index contributed by atoms with van der Waals surface area (Å²) in [7, 11) is 3.90. The van der Waals surface area contributed by atoms with Crippen molar-refractivity contribution in [3.63, 3.8) is 0 Å². The Labute approximate surface area is 140 Å². The van der Waals surface area contributed by atoms with E-state index in [1.165, 1.54) is 5.56 Å². The Balaban J connectivity index is 0.00000361. The number of nitrogens with zero attached hydrogens (tertiary/aromatic N) is 2. The lowest BCUT2D eigenvalue weighted by Crippen LogP contribution is -2.39.